The molecule has 0 radical (unpaired) electrons. The van der Waals surface area contributed by atoms with Gasteiger partial charge in [-0.05, 0) is 47.1 Å². The Morgan fingerprint density at radius 2 is 1.92 bits per heavy atom. The average Bonchev–Trinajstić information content (AvgIpc) is 2.03. The van der Waals surface area contributed by atoms with Crippen molar-refractivity contribution in [3.05, 3.63) is 34.9 Å². The van der Waals surface area contributed by atoms with Crippen molar-refractivity contribution < 1.29 is 9.18 Å². The normalized spacial score (nSPS) is 15.1. The maximum absolute atomic E-state index is 13.1. The van der Waals surface area contributed by atoms with Crippen molar-refractivity contribution in [1.29, 1.82) is 0 Å². The van der Waals surface area contributed by atoms with E-state index in [4.69, 9.17) is 11.6 Å². The molecule has 0 aromatic heterocycles. The highest BCUT2D eigenvalue weighted by Crippen LogP contribution is 2.24. The van der Waals surface area contributed by atoms with E-state index >= 15 is 0 Å². The molecule has 1 unspecified atom stereocenters. The van der Waals surface area contributed by atoms with Crippen LogP contribution >= 0.6 is 27.5 Å². The first-order valence-corrected chi connectivity index (χ1v) is 4.76. The number of Topliss-reactive ketones (excluding diaryl/α,β-unsaturated/α-hetero) is 1. The number of ketones is 1. The minimum absolute atomic E-state index is 0.297. The van der Waals surface area contributed by atoms with Crippen LogP contribution in [-0.2, 0) is 0 Å². The van der Waals surface area contributed by atoms with E-state index in [2.05, 4.69) is 15.9 Å². The van der Waals surface area contributed by atoms with Gasteiger partial charge in [-0.3, -0.25) is 4.79 Å². The fraction of sp³-hybridized carbons (Fsp3) is 0.222. The zero-order valence-electron chi connectivity index (χ0n) is 6.85. The number of halogens is 3. The largest absolute Gasteiger partial charge is 0.290 e. The molecular formula is C9H7BrClFO. The quantitative estimate of drug-likeness (QED) is 0.590. The zero-order valence-corrected chi connectivity index (χ0v) is 9.19. The number of benzene rings is 1. The van der Waals surface area contributed by atoms with Gasteiger partial charge in [0.2, 0.25) is 10.4 Å². The number of carbonyl (C=O) groups is 1. The van der Waals surface area contributed by atoms with Crippen LogP contribution in [0.1, 0.15) is 17.3 Å². The molecule has 1 nitrogen and oxygen atoms in total. The van der Waals surface area contributed by atoms with E-state index in [9.17, 15) is 9.18 Å². The Hall–Kier alpha value is -0.410. The molecule has 1 rings (SSSR count). The first-order valence-electron chi connectivity index (χ1n) is 3.59. The summed E-state index contributed by atoms with van der Waals surface area (Å²) in [6.45, 7) is 1.16. The number of carbonyl (C=O) groups excluding carboxylic acids is 1. The molecule has 70 valence electrons. The third kappa shape index (κ3) is 2.78. The van der Waals surface area contributed by atoms with E-state index < -0.39 is 10.4 Å². The van der Waals surface area contributed by atoms with Gasteiger partial charge in [0.1, 0.15) is 0 Å². The van der Waals surface area contributed by atoms with Crippen molar-refractivity contribution in [3.8, 4) is 0 Å². The van der Waals surface area contributed by atoms with Crippen molar-refractivity contribution >= 4 is 33.3 Å². The molecule has 0 aliphatic rings. The molecule has 0 N–H and O–H groups in total. The Morgan fingerprint density at radius 1 is 1.46 bits per heavy atom. The molecule has 0 aliphatic heterocycles. The van der Waals surface area contributed by atoms with E-state index in [-0.39, 0.29) is 0 Å². The monoisotopic (exact) mass is 264 g/mol. The van der Waals surface area contributed by atoms with E-state index in [1.54, 1.807) is 12.1 Å². The van der Waals surface area contributed by atoms with Crippen LogP contribution < -0.4 is 0 Å². The second kappa shape index (κ2) is 3.76. The van der Waals surface area contributed by atoms with Crippen LogP contribution in [-0.4, -0.2) is 10.4 Å². The molecule has 1 aromatic carbocycles. The molecule has 0 spiro atoms. The van der Waals surface area contributed by atoms with Crippen molar-refractivity contribution in [2.75, 3.05) is 0 Å². The Balaban J connectivity index is 2.97. The molecule has 1 aromatic rings. The lowest BCUT2D eigenvalue weighted by molar-refractivity contribution is 0.0866. The smallest absolute Gasteiger partial charge is 0.224 e. The zero-order chi connectivity index (χ0) is 10.1. The number of rotatable bonds is 2. The third-order valence-corrected chi connectivity index (χ3v) is 2.12. The summed E-state index contributed by atoms with van der Waals surface area (Å²) in [5.41, 5.74) is 0.297. The van der Waals surface area contributed by atoms with Gasteiger partial charge >= 0.3 is 0 Å². The molecular weight excluding hydrogens is 258 g/mol. The maximum Gasteiger partial charge on any atom is 0.224 e. The molecule has 0 amide bonds. The summed E-state index contributed by atoms with van der Waals surface area (Å²) >= 11 is 8.26. The van der Waals surface area contributed by atoms with Crippen LogP contribution in [0.5, 0.6) is 0 Å². The van der Waals surface area contributed by atoms with Crippen LogP contribution in [0.2, 0.25) is 5.02 Å². The van der Waals surface area contributed by atoms with Gasteiger partial charge in [0, 0.05) is 10.6 Å². The van der Waals surface area contributed by atoms with E-state index in [0.29, 0.717) is 10.6 Å². The SMILES string of the molecule is CC(F)(Br)C(=O)c1ccc(Cl)cc1. The second-order valence-electron chi connectivity index (χ2n) is 2.72. The summed E-state index contributed by atoms with van der Waals surface area (Å²) in [5.74, 6) is -0.607. The molecule has 4 heteroatoms. The van der Waals surface area contributed by atoms with Crippen molar-refractivity contribution in [3.63, 3.8) is 0 Å². The maximum atomic E-state index is 13.1. The summed E-state index contributed by atoms with van der Waals surface area (Å²) in [6.07, 6.45) is 0. The lowest BCUT2D eigenvalue weighted by Crippen LogP contribution is -2.22. The van der Waals surface area contributed by atoms with Gasteiger partial charge in [-0.1, -0.05) is 11.6 Å². The predicted molar refractivity (Wildman–Crippen MR) is 54.2 cm³/mol. The molecule has 0 heterocycles. The fourth-order valence-corrected chi connectivity index (χ4v) is 1.21. The van der Waals surface area contributed by atoms with Crippen molar-refractivity contribution in [2.24, 2.45) is 0 Å². The molecule has 0 saturated carbocycles. The van der Waals surface area contributed by atoms with Gasteiger partial charge in [0.15, 0.2) is 0 Å². The summed E-state index contributed by atoms with van der Waals surface area (Å²) in [4.78, 5) is 11.3. The Kier molecular flexibility index (Phi) is 3.09. The highest BCUT2D eigenvalue weighted by Gasteiger charge is 2.29. The van der Waals surface area contributed by atoms with Crippen LogP contribution in [0.4, 0.5) is 4.39 Å². The predicted octanol–water partition coefficient (Wildman–Crippen LogP) is 3.60. The molecule has 13 heavy (non-hydrogen) atoms. The van der Waals surface area contributed by atoms with Crippen molar-refractivity contribution in [1.82, 2.24) is 0 Å². The third-order valence-electron chi connectivity index (χ3n) is 1.51. The van der Waals surface area contributed by atoms with Gasteiger partial charge in [0.05, 0.1) is 0 Å². The summed E-state index contributed by atoms with van der Waals surface area (Å²) in [5, 5.41) is 0.520. The average molecular weight is 266 g/mol. The van der Waals surface area contributed by atoms with Crippen LogP contribution in [0.3, 0.4) is 0 Å². The van der Waals surface area contributed by atoms with Crippen LogP contribution in [0, 0.1) is 0 Å². The number of hydrogen-bond donors (Lipinski definition) is 0. The van der Waals surface area contributed by atoms with Gasteiger partial charge in [-0.2, -0.15) is 0 Å². The van der Waals surface area contributed by atoms with E-state index in [0.717, 1.165) is 6.92 Å². The first-order chi connectivity index (χ1) is 5.91. The minimum atomic E-state index is -2.01. The summed E-state index contributed by atoms with van der Waals surface area (Å²) < 4.78 is 11.1. The Bertz CT molecular complexity index is 315. The molecule has 1 atom stereocenters. The first kappa shape index (κ1) is 10.7. The standard InChI is InChI=1S/C9H7BrClFO/c1-9(10,12)8(13)6-2-4-7(11)5-3-6/h2-5H,1H3. The van der Waals surface area contributed by atoms with Gasteiger partial charge < -0.3 is 0 Å². The number of hydrogen-bond acceptors (Lipinski definition) is 1. The van der Waals surface area contributed by atoms with Crippen LogP contribution in [0.15, 0.2) is 24.3 Å². The molecule has 0 fully saturated rings. The van der Waals surface area contributed by atoms with Gasteiger partial charge in [0.25, 0.3) is 0 Å². The van der Waals surface area contributed by atoms with Gasteiger partial charge in [-0.15, -0.1) is 0 Å². The molecule has 0 bridgehead atoms. The fourth-order valence-electron chi connectivity index (χ4n) is 0.855. The Labute approximate surface area is 89.0 Å². The van der Waals surface area contributed by atoms with E-state index in [1.807, 2.05) is 0 Å². The summed E-state index contributed by atoms with van der Waals surface area (Å²) in [7, 11) is 0. The van der Waals surface area contributed by atoms with Gasteiger partial charge in [-0.25, -0.2) is 4.39 Å². The highest BCUT2D eigenvalue weighted by atomic mass is 79.9. The van der Waals surface area contributed by atoms with E-state index in [1.165, 1.54) is 12.1 Å². The minimum Gasteiger partial charge on any atom is -0.290 e. The lowest BCUT2D eigenvalue weighted by atomic mass is 10.1. The summed E-state index contributed by atoms with van der Waals surface area (Å²) in [6, 6.07) is 6.08. The lowest BCUT2D eigenvalue weighted by Gasteiger charge is -2.09. The van der Waals surface area contributed by atoms with Crippen LogP contribution in [0.25, 0.3) is 0 Å². The molecule has 0 saturated heterocycles. The highest BCUT2D eigenvalue weighted by molar-refractivity contribution is 9.10. The van der Waals surface area contributed by atoms with Crippen molar-refractivity contribution in [2.45, 2.75) is 11.5 Å². The second-order valence-corrected chi connectivity index (χ2v) is 4.65. The topological polar surface area (TPSA) is 17.1 Å². The molecule has 0 aliphatic carbocycles. The number of alkyl halides is 2. The Morgan fingerprint density at radius 3 is 2.31 bits per heavy atom.